The first-order valence-electron chi connectivity index (χ1n) is 3.14. The van der Waals surface area contributed by atoms with E-state index in [9.17, 15) is 9.59 Å². The van der Waals surface area contributed by atoms with E-state index < -0.39 is 12.0 Å². The summed E-state index contributed by atoms with van der Waals surface area (Å²) in [7, 11) is 0. The van der Waals surface area contributed by atoms with E-state index in [2.05, 4.69) is 5.32 Å². The van der Waals surface area contributed by atoms with Gasteiger partial charge in [0.2, 0.25) is 0 Å². The lowest BCUT2D eigenvalue weighted by Gasteiger charge is -2.02. The molecule has 1 aliphatic rings. The predicted molar refractivity (Wildman–Crippen MR) is 32.2 cm³/mol. The topological polar surface area (TPSA) is 57.5 Å². The highest BCUT2D eigenvalue weighted by molar-refractivity contribution is 6.04. The molecule has 4 nitrogen and oxygen atoms in total. The Kier molecular flexibility index (Phi) is 2.01. The Balaban J connectivity index is 2.46. The Bertz CT molecular complexity index is 166. The summed E-state index contributed by atoms with van der Waals surface area (Å²) in [6, 6.07) is 0. The van der Waals surface area contributed by atoms with Crippen molar-refractivity contribution in [1.82, 2.24) is 5.32 Å². The standard InChI is InChI=1S/C6H8NO3/c1-2-10-4-3-5(8)7-6(4)9/h4H,2-3H2,1H3. The van der Waals surface area contributed by atoms with Crippen molar-refractivity contribution < 1.29 is 14.3 Å². The Morgan fingerprint density at radius 3 is 2.80 bits per heavy atom. The van der Waals surface area contributed by atoms with Gasteiger partial charge >= 0.3 is 0 Å². The van der Waals surface area contributed by atoms with Crippen molar-refractivity contribution in [2.45, 2.75) is 19.4 Å². The van der Waals surface area contributed by atoms with Crippen LogP contribution in [0.15, 0.2) is 0 Å². The Labute approximate surface area is 58.5 Å². The third-order valence-corrected chi connectivity index (χ3v) is 1.24. The van der Waals surface area contributed by atoms with E-state index in [0.29, 0.717) is 6.61 Å². The molecule has 10 heavy (non-hydrogen) atoms. The highest BCUT2D eigenvalue weighted by Crippen LogP contribution is 2.06. The minimum Gasteiger partial charge on any atom is -0.368 e. The van der Waals surface area contributed by atoms with Crippen molar-refractivity contribution in [3.8, 4) is 0 Å². The SMILES string of the molecule is CCOC1CC(=O)[N]C1=O. The average molecular weight is 142 g/mol. The molecule has 1 unspecified atom stereocenters. The summed E-state index contributed by atoms with van der Waals surface area (Å²) < 4.78 is 4.92. The van der Waals surface area contributed by atoms with E-state index in [-0.39, 0.29) is 12.3 Å². The van der Waals surface area contributed by atoms with Crippen LogP contribution in [0.2, 0.25) is 0 Å². The first-order chi connectivity index (χ1) is 4.74. The first kappa shape index (κ1) is 7.21. The summed E-state index contributed by atoms with van der Waals surface area (Å²) in [5, 5.41) is 3.19. The molecule has 1 rings (SSSR count). The number of rotatable bonds is 2. The van der Waals surface area contributed by atoms with Crippen molar-refractivity contribution in [1.29, 1.82) is 0 Å². The maximum Gasteiger partial charge on any atom is 0.278 e. The lowest BCUT2D eigenvalue weighted by molar-refractivity contribution is -0.129. The van der Waals surface area contributed by atoms with E-state index in [1.807, 2.05) is 0 Å². The Morgan fingerprint density at radius 1 is 1.70 bits per heavy atom. The van der Waals surface area contributed by atoms with Crippen LogP contribution in [0.1, 0.15) is 13.3 Å². The van der Waals surface area contributed by atoms with Gasteiger partial charge in [-0.25, -0.2) is 0 Å². The molecule has 0 aromatic heterocycles. The smallest absolute Gasteiger partial charge is 0.278 e. The summed E-state index contributed by atoms with van der Waals surface area (Å²) >= 11 is 0. The van der Waals surface area contributed by atoms with Crippen molar-refractivity contribution >= 4 is 11.8 Å². The minimum atomic E-state index is -0.600. The van der Waals surface area contributed by atoms with Gasteiger partial charge < -0.3 is 4.74 Å². The molecular formula is C6H8NO3. The molecule has 1 atom stereocenters. The van der Waals surface area contributed by atoms with E-state index in [0.717, 1.165) is 0 Å². The maximum absolute atomic E-state index is 10.7. The van der Waals surface area contributed by atoms with Crippen molar-refractivity contribution in [2.75, 3.05) is 6.61 Å². The van der Waals surface area contributed by atoms with E-state index in [4.69, 9.17) is 4.74 Å². The summed E-state index contributed by atoms with van der Waals surface area (Å²) in [4.78, 5) is 21.1. The molecule has 1 radical (unpaired) electrons. The molecule has 1 aliphatic heterocycles. The highest BCUT2D eigenvalue weighted by atomic mass is 16.5. The molecule has 0 bridgehead atoms. The summed E-state index contributed by atoms with van der Waals surface area (Å²) in [5.41, 5.74) is 0. The van der Waals surface area contributed by atoms with Crippen LogP contribution in [0, 0.1) is 0 Å². The maximum atomic E-state index is 10.7. The van der Waals surface area contributed by atoms with E-state index in [1.165, 1.54) is 0 Å². The fourth-order valence-electron chi connectivity index (χ4n) is 0.818. The second-order valence-corrected chi connectivity index (χ2v) is 1.99. The van der Waals surface area contributed by atoms with Crippen LogP contribution < -0.4 is 5.32 Å². The molecule has 1 heterocycles. The van der Waals surface area contributed by atoms with Gasteiger partial charge in [0.05, 0.1) is 6.42 Å². The van der Waals surface area contributed by atoms with Crippen molar-refractivity contribution in [2.24, 2.45) is 0 Å². The van der Waals surface area contributed by atoms with Crippen LogP contribution in [0.5, 0.6) is 0 Å². The van der Waals surface area contributed by atoms with Gasteiger partial charge in [-0.05, 0) is 6.92 Å². The molecule has 0 aromatic carbocycles. The molecule has 0 aliphatic carbocycles. The van der Waals surface area contributed by atoms with Gasteiger partial charge in [-0.3, -0.25) is 9.59 Å². The zero-order valence-electron chi connectivity index (χ0n) is 5.66. The Morgan fingerprint density at radius 2 is 2.40 bits per heavy atom. The number of carbonyl (C=O) groups excluding carboxylic acids is 2. The lowest BCUT2D eigenvalue weighted by atomic mass is 10.3. The normalized spacial score (nSPS) is 25.1. The predicted octanol–water partition coefficient (Wildman–Crippen LogP) is -0.547. The third kappa shape index (κ3) is 1.33. The van der Waals surface area contributed by atoms with E-state index in [1.54, 1.807) is 6.92 Å². The number of imide groups is 1. The van der Waals surface area contributed by atoms with Crippen LogP contribution >= 0.6 is 0 Å². The fraction of sp³-hybridized carbons (Fsp3) is 0.667. The van der Waals surface area contributed by atoms with Crippen molar-refractivity contribution in [3.05, 3.63) is 0 Å². The van der Waals surface area contributed by atoms with Gasteiger partial charge in [-0.2, -0.15) is 5.32 Å². The molecule has 55 valence electrons. The van der Waals surface area contributed by atoms with Gasteiger partial charge in [0.1, 0.15) is 6.10 Å². The first-order valence-corrected chi connectivity index (χ1v) is 3.14. The minimum absolute atomic E-state index is 0.118. The number of nitrogens with zero attached hydrogens (tertiary/aromatic N) is 1. The average Bonchev–Trinajstić information content (AvgIpc) is 2.13. The number of ether oxygens (including phenoxy) is 1. The summed E-state index contributed by atoms with van der Waals surface area (Å²) in [6.07, 6.45) is -0.482. The molecule has 0 saturated carbocycles. The van der Waals surface area contributed by atoms with Crippen LogP contribution in [0.3, 0.4) is 0 Å². The largest absolute Gasteiger partial charge is 0.368 e. The zero-order chi connectivity index (χ0) is 7.56. The second kappa shape index (κ2) is 2.79. The molecule has 1 saturated heterocycles. The van der Waals surface area contributed by atoms with E-state index >= 15 is 0 Å². The number of amides is 2. The van der Waals surface area contributed by atoms with Crippen LogP contribution in [-0.4, -0.2) is 24.5 Å². The Hall–Kier alpha value is -0.900. The zero-order valence-corrected chi connectivity index (χ0v) is 5.66. The van der Waals surface area contributed by atoms with Crippen LogP contribution in [-0.2, 0) is 14.3 Å². The van der Waals surface area contributed by atoms with Crippen LogP contribution in [0.4, 0.5) is 0 Å². The molecule has 1 fully saturated rings. The van der Waals surface area contributed by atoms with Gasteiger partial charge in [-0.1, -0.05) is 0 Å². The molecule has 2 amide bonds. The van der Waals surface area contributed by atoms with Gasteiger partial charge in [-0.15, -0.1) is 0 Å². The molecular weight excluding hydrogens is 134 g/mol. The quantitative estimate of drug-likeness (QED) is 0.486. The second-order valence-electron chi connectivity index (χ2n) is 1.99. The number of hydrogen-bond acceptors (Lipinski definition) is 3. The highest BCUT2D eigenvalue weighted by Gasteiger charge is 2.32. The van der Waals surface area contributed by atoms with Crippen LogP contribution in [0.25, 0.3) is 0 Å². The molecule has 0 aromatic rings. The summed E-state index contributed by atoms with van der Waals surface area (Å²) in [6.45, 7) is 2.22. The monoisotopic (exact) mass is 142 g/mol. The molecule has 0 spiro atoms. The summed E-state index contributed by atoms with van der Waals surface area (Å²) in [5.74, 6) is -0.810. The fourth-order valence-corrected chi connectivity index (χ4v) is 0.818. The number of hydrogen-bond donors (Lipinski definition) is 0. The van der Waals surface area contributed by atoms with Crippen molar-refractivity contribution in [3.63, 3.8) is 0 Å². The third-order valence-electron chi connectivity index (χ3n) is 1.24. The van der Waals surface area contributed by atoms with Gasteiger partial charge in [0.15, 0.2) is 0 Å². The van der Waals surface area contributed by atoms with Gasteiger partial charge in [0.25, 0.3) is 11.8 Å². The number of carbonyl (C=O) groups is 2. The van der Waals surface area contributed by atoms with Gasteiger partial charge in [0, 0.05) is 6.61 Å². The molecule has 0 N–H and O–H groups in total. The molecule has 4 heteroatoms. The lowest BCUT2D eigenvalue weighted by Crippen LogP contribution is -2.21.